The second-order valence-electron chi connectivity index (χ2n) is 4.61. The van der Waals surface area contributed by atoms with Crippen molar-refractivity contribution in [1.82, 2.24) is 5.32 Å². The maximum Gasteiger partial charge on any atom is 0.320 e. The minimum Gasteiger partial charge on any atom is -0.480 e. The van der Waals surface area contributed by atoms with Crippen LogP contribution in [0.5, 0.6) is 0 Å². The Hall–Kier alpha value is -1.66. The van der Waals surface area contributed by atoms with Gasteiger partial charge in [-0.3, -0.25) is 14.9 Å². The zero-order chi connectivity index (χ0) is 15.3. The van der Waals surface area contributed by atoms with E-state index in [2.05, 4.69) is 10.6 Å². The summed E-state index contributed by atoms with van der Waals surface area (Å²) in [6.45, 7) is 3.22. The molecule has 3 N–H and O–H groups in total. The lowest BCUT2D eigenvalue weighted by atomic mass is 10.1. The second-order valence-corrected chi connectivity index (χ2v) is 5.05. The number of amides is 1. The molecule has 1 aromatic rings. The monoisotopic (exact) mass is 302 g/mol. The third kappa shape index (κ3) is 4.79. The summed E-state index contributed by atoms with van der Waals surface area (Å²) in [4.78, 5) is 22.6. The fourth-order valence-corrected chi connectivity index (χ4v) is 1.75. The zero-order valence-electron chi connectivity index (χ0n) is 11.1. The van der Waals surface area contributed by atoms with Crippen molar-refractivity contribution >= 4 is 29.2 Å². The third-order valence-electron chi connectivity index (χ3n) is 2.62. The van der Waals surface area contributed by atoms with Crippen LogP contribution in [0.4, 0.5) is 10.1 Å². The lowest BCUT2D eigenvalue weighted by Crippen LogP contribution is -2.44. The first-order chi connectivity index (χ1) is 9.31. The summed E-state index contributed by atoms with van der Waals surface area (Å²) >= 11 is 5.60. The molecule has 0 spiro atoms. The van der Waals surface area contributed by atoms with Crippen LogP contribution in [0.25, 0.3) is 0 Å². The van der Waals surface area contributed by atoms with Crippen molar-refractivity contribution in [3.05, 3.63) is 29.0 Å². The van der Waals surface area contributed by atoms with Crippen molar-refractivity contribution in [3.8, 4) is 0 Å². The molecule has 20 heavy (non-hydrogen) atoms. The van der Waals surface area contributed by atoms with E-state index < -0.39 is 23.7 Å². The molecule has 1 amide bonds. The average Bonchev–Trinajstić information content (AvgIpc) is 2.32. The molecule has 0 heterocycles. The number of hydrogen-bond donors (Lipinski definition) is 3. The molecular weight excluding hydrogens is 287 g/mol. The van der Waals surface area contributed by atoms with Crippen LogP contribution in [0.15, 0.2) is 18.2 Å². The van der Waals surface area contributed by atoms with E-state index in [0.29, 0.717) is 0 Å². The molecule has 1 atom stereocenters. The van der Waals surface area contributed by atoms with Crippen LogP contribution in [0.2, 0.25) is 5.02 Å². The molecule has 0 saturated carbocycles. The van der Waals surface area contributed by atoms with Gasteiger partial charge in [-0.2, -0.15) is 0 Å². The van der Waals surface area contributed by atoms with Crippen LogP contribution in [0.3, 0.4) is 0 Å². The molecule has 7 heteroatoms. The Balaban J connectivity index is 2.57. The summed E-state index contributed by atoms with van der Waals surface area (Å²) in [6.07, 6.45) is 0. The molecular formula is C13H16ClFN2O3. The number of halogens is 2. The highest BCUT2D eigenvalue weighted by Crippen LogP contribution is 2.18. The van der Waals surface area contributed by atoms with Crippen LogP contribution in [-0.4, -0.2) is 29.6 Å². The van der Waals surface area contributed by atoms with Crippen LogP contribution in [-0.2, 0) is 9.59 Å². The maximum absolute atomic E-state index is 13.5. The molecule has 0 fully saturated rings. The first-order valence-corrected chi connectivity index (χ1v) is 6.40. The predicted molar refractivity (Wildman–Crippen MR) is 74.3 cm³/mol. The summed E-state index contributed by atoms with van der Waals surface area (Å²) < 4.78 is 13.5. The van der Waals surface area contributed by atoms with Crippen molar-refractivity contribution in [3.63, 3.8) is 0 Å². The summed E-state index contributed by atoms with van der Waals surface area (Å²) in [5.74, 6) is -2.39. The normalized spacial score (nSPS) is 12.2. The van der Waals surface area contributed by atoms with E-state index in [0.717, 1.165) is 6.07 Å². The average molecular weight is 303 g/mol. The summed E-state index contributed by atoms with van der Waals surface area (Å²) in [5, 5.41) is 14.1. The molecule has 1 aromatic carbocycles. The number of nitrogens with one attached hydrogen (secondary N) is 2. The first kappa shape index (κ1) is 16.4. The van der Waals surface area contributed by atoms with Crippen molar-refractivity contribution in [2.75, 3.05) is 11.9 Å². The number of aliphatic carboxylic acids is 1. The number of carbonyl (C=O) groups excluding carboxylic acids is 1. The lowest BCUT2D eigenvalue weighted by Gasteiger charge is -2.17. The van der Waals surface area contributed by atoms with Gasteiger partial charge in [-0.25, -0.2) is 4.39 Å². The number of carbonyl (C=O) groups is 2. The fraction of sp³-hybridized carbons (Fsp3) is 0.385. The van der Waals surface area contributed by atoms with Crippen LogP contribution < -0.4 is 10.6 Å². The number of hydrogen-bond acceptors (Lipinski definition) is 3. The van der Waals surface area contributed by atoms with Crippen molar-refractivity contribution in [2.24, 2.45) is 5.92 Å². The van der Waals surface area contributed by atoms with Crippen LogP contribution in [0.1, 0.15) is 13.8 Å². The molecule has 0 aliphatic rings. The highest BCUT2D eigenvalue weighted by Gasteiger charge is 2.21. The zero-order valence-corrected chi connectivity index (χ0v) is 11.9. The topological polar surface area (TPSA) is 78.4 Å². The molecule has 0 aliphatic carbocycles. The Bertz CT molecular complexity index is 508. The SMILES string of the molecule is CC(C)C(NCC(=O)Nc1ccc(Cl)cc1F)C(=O)O. The summed E-state index contributed by atoms with van der Waals surface area (Å²) in [6, 6.07) is 3.03. The van der Waals surface area contributed by atoms with Gasteiger partial charge in [-0.05, 0) is 24.1 Å². The number of carboxylic acid groups (broad SMARTS) is 1. The molecule has 5 nitrogen and oxygen atoms in total. The van der Waals surface area contributed by atoms with E-state index in [9.17, 15) is 14.0 Å². The first-order valence-electron chi connectivity index (χ1n) is 6.02. The Morgan fingerprint density at radius 2 is 2.05 bits per heavy atom. The number of carboxylic acids is 1. The Morgan fingerprint density at radius 1 is 1.40 bits per heavy atom. The van der Waals surface area contributed by atoms with Gasteiger partial charge in [0.1, 0.15) is 11.9 Å². The van der Waals surface area contributed by atoms with Gasteiger partial charge in [0.05, 0.1) is 12.2 Å². The Labute approximate surface area is 121 Å². The van der Waals surface area contributed by atoms with E-state index in [4.69, 9.17) is 16.7 Å². The summed E-state index contributed by atoms with van der Waals surface area (Å²) in [5.41, 5.74) is -0.00220. The third-order valence-corrected chi connectivity index (χ3v) is 2.86. The lowest BCUT2D eigenvalue weighted by molar-refractivity contribution is -0.140. The molecule has 0 radical (unpaired) electrons. The quantitative estimate of drug-likeness (QED) is 0.752. The van der Waals surface area contributed by atoms with E-state index in [1.165, 1.54) is 12.1 Å². The van der Waals surface area contributed by atoms with Gasteiger partial charge < -0.3 is 10.4 Å². The van der Waals surface area contributed by atoms with E-state index in [-0.39, 0.29) is 23.2 Å². The maximum atomic E-state index is 13.5. The molecule has 0 bridgehead atoms. The van der Waals surface area contributed by atoms with Crippen molar-refractivity contribution < 1.29 is 19.1 Å². The van der Waals surface area contributed by atoms with Gasteiger partial charge >= 0.3 is 5.97 Å². The number of anilines is 1. The fourth-order valence-electron chi connectivity index (χ4n) is 1.60. The van der Waals surface area contributed by atoms with Crippen molar-refractivity contribution in [1.29, 1.82) is 0 Å². The van der Waals surface area contributed by atoms with Gasteiger partial charge in [0.15, 0.2) is 0 Å². The highest BCUT2D eigenvalue weighted by atomic mass is 35.5. The largest absolute Gasteiger partial charge is 0.480 e. The van der Waals surface area contributed by atoms with E-state index >= 15 is 0 Å². The molecule has 1 unspecified atom stereocenters. The Morgan fingerprint density at radius 3 is 2.55 bits per heavy atom. The Kier molecular flexibility index (Phi) is 5.91. The molecule has 0 aromatic heterocycles. The number of benzene rings is 1. The highest BCUT2D eigenvalue weighted by molar-refractivity contribution is 6.30. The molecule has 0 saturated heterocycles. The number of rotatable bonds is 6. The van der Waals surface area contributed by atoms with E-state index in [1.54, 1.807) is 13.8 Å². The second kappa shape index (κ2) is 7.21. The van der Waals surface area contributed by atoms with Gasteiger partial charge in [0.25, 0.3) is 0 Å². The molecule has 110 valence electrons. The molecule has 0 aliphatic heterocycles. The standard InChI is InChI=1S/C13H16ClFN2O3/c1-7(2)12(13(19)20)16-6-11(18)17-10-4-3-8(14)5-9(10)15/h3-5,7,12,16H,6H2,1-2H3,(H,17,18)(H,19,20). The predicted octanol–water partition coefficient (Wildman–Crippen LogP) is 2.12. The minimum absolute atomic E-state index is 0.00220. The van der Waals surface area contributed by atoms with Crippen molar-refractivity contribution in [2.45, 2.75) is 19.9 Å². The smallest absolute Gasteiger partial charge is 0.320 e. The van der Waals surface area contributed by atoms with Gasteiger partial charge in [-0.1, -0.05) is 25.4 Å². The molecule has 1 rings (SSSR count). The summed E-state index contributed by atoms with van der Waals surface area (Å²) in [7, 11) is 0. The van der Waals surface area contributed by atoms with Gasteiger partial charge in [-0.15, -0.1) is 0 Å². The van der Waals surface area contributed by atoms with Gasteiger partial charge in [0, 0.05) is 5.02 Å². The minimum atomic E-state index is -1.04. The van der Waals surface area contributed by atoms with Gasteiger partial charge in [0.2, 0.25) is 5.91 Å². The van der Waals surface area contributed by atoms with Crippen LogP contribution in [0, 0.1) is 11.7 Å². The van der Waals surface area contributed by atoms with E-state index in [1.807, 2.05) is 0 Å². The van der Waals surface area contributed by atoms with Crippen LogP contribution >= 0.6 is 11.6 Å².